The molecule has 1 N–H and O–H groups in total. The van der Waals surface area contributed by atoms with Gasteiger partial charge >= 0.3 is 0 Å². The molecule has 0 aromatic heterocycles. The summed E-state index contributed by atoms with van der Waals surface area (Å²) in [7, 11) is -3.89. The first-order valence-corrected chi connectivity index (χ1v) is 15.7. The third-order valence-electron chi connectivity index (χ3n) is 6.38. The standard InChI is InChI=1S/C29H32Cl3N3O4S/c1-4-20(2)33-29(37)27(16-21-9-6-5-7-10-21)34(18-22-13-14-25(31)26(32)15-22)28(36)19-35(40(3,38)39)24-12-8-11-23(30)17-24/h5-15,17,20,27H,4,16,18-19H2,1-3H3,(H,33,37)/t20-,27+/m0/s1. The van der Waals surface area contributed by atoms with Crippen LogP contribution in [0.15, 0.2) is 72.8 Å². The van der Waals surface area contributed by atoms with E-state index in [1.165, 1.54) is 11.0 Å². The molecule has 11 heteroatoms. The Labute approximate surface area is 251 Å². The van der Waals surface area contributed by atoms with Gasteiger partial charge in [-0.1, -0.05) is 84.2 Å². The van der Waals surface area contributed by atoms with Gasteiger partial charge in [-0.15, -0.1) is 0 Å². The number of nitrogens with zero attached hydrogens (tertiary/aromatic N) is 2. The number of amides is 2. The largest absolute Gasteiger partial charge is 0.352 e. The first kappa shape index (κ1) is 31.7. The Morgan fingerprint density at radius 3 is 2.20 bits per heavy atom. The number of benzene rings is 3. The topological polar surface area (TPSA) is 86.8 Å². The molecule has 2 amide bonds. The highest BCUT2D eigenvalue weighted by Gasteiger charge is 2.33. The van der Waals surface area contributed by atoms with Crippen LogP contribution in [0, 0.1) is 0 Å². The molecule has 3 aromatic carbocycles. The van der Waals surface area contributed by atoms with Crippen molar-refractivity contribution in [3.05, 3.63) is 99.0 Å². The molecular weight excluding hydrogens is 593 g/mol. The average Bonchev–Trinajstić information content (AvgIpc) is 2.90. The Morgan fingerprint density at radius 2 is 1.60 bits per heavy atom. The molecule has 0 unspecified atom stereocenters. The maximum Gasteiger partial charge on any atom is 0.244 e. The summed E-state index contributed by atoms with van der Waals surface area (Å²) in [5.74, 6) is -0.919. The second kappa shape index (κ2) is 14.2. The van der Waals surface area contributed by atoms with Crippen molar-refractivity contribution in [1.29, 1.82) is 0 Å². The number of hydrogen-bond acceptors (Lipinski definition) is 4. The molecule has 0 bridgehead atoms. The van der Waals surface area contributed by atoms with Crippen molar-refractivity contribution in [2.45, 2.75) is 45.3 Å². The Bertz CT molecular complexity index is 1440. The fourth-order valence-electron chi connectivity index (χ4n) is 4.07. The van der Waals surface area contributed by atoms with Gasteiger partial charge < -0.3 is 10.2 Å². The molecule has 214 valence electrons. The molecule has 3 aromatic rings. The molecule has 0 aliphatic carbocycles. The van der Waals surface area contributed by atoms with Gasteiger partial charge in [-0.25, -0.2) is 8.42 Å². The third kappa shape index (κ3) is 8.86. The van der Waals surface area contributed by atoms with Crippen LogP contribution >= 0.6 is 34.8 Å². The molecule has 0 saturated heterocycles. The molecule has 3 rings (SSSR count). The zero-order valence-corrected chi connectivity index (χ0v) is 25.6. The number of halogens is 3. The van der Waals surface area contributed by atoms with Crippen molar-refractivity contribution in [2.24, 2.45) is 0 Å². The summed E-state index contributed by atoms with van der Waals surface area (Å²) in [4.78, 5) is 29.1. The van der Waals surface area contributed by atoms with Gasteiger partial charge in [-0.2, -0.15) is 0 Å². The maximum absolute atomic E-state index is 14.1. The minimum Gasteiger partial charge on any atom is -0.352 e. The summed E-state index contributed by atoms with van der Waals surface area (Å²) in [6.07, 6.45) is 1.93. The van der Waals surface area contributed by atoms with E-state index in [0.29, 0.717) is 27.1 Å². The van der Waals surface area contributed by atoms with E-state index < -0.39 is 28.5 Å². The summed E-state index contributed by atoms with van der Waals surface area (Å²) in [6.45, 7) is 3.29. The smallest absolute Gasteiger partial charge is 0.244 e. The number of nitrogens with one attached hydrogen (secondary N) is 1. The van der Waals surface area contributed by atoms with E-state index in [4.69, 9.17) is 34.8 Å². The van der Waals surface area contributed by atoms with Crippen molar-refractivity contribution in [1.82, 2.24) is 10.2 Å². The van der Waals surface area contributed by atoms with Crippen molar-refractivity contribution in [3.63, 3.8) is 0 Å². The molecule has 0 heterocycles. The summed E-state index contributed by atoms with van der Waals surface area (Å²) in [6, 6.07) is 19.4. The molecule has 0 aliphatic heterocycles. The molecular formula is C29H32Cl3N3O4S. The summed E-state index contributed by atoms with van der Waals surface area (Å²) >= 11 is 18.5. The van der Waals surface area contributed by atoms with Crippen LogP contribution in [0.1, 0.15) is 31.4 Å². The zero-order valence-electron chi connectivity index (χ0n) is 22.5. The number of rotatable bonds is 12. The average molecular weight is 625 g/mol. The Morgan fingerprint density at radius 1 is 0.900 bits per heavy atom. The fraction of sp³-hybridized carbons (Fsp3) is 0.310. The molecule has 7 nitrogen and oxygen atoms in total. The first-order valence-electron chi connectivity index (χ1n) is 12.7. The van der Waals surface area contributed by atoms with Gasteiger partial charge in [0.15, 0.2) is 0 Å². The van der Waals surface area contributed by atoms with Crippen molar-refractivity contribution in [2.75, 3.05) is 17.1 Å². The second-order valence-electron chi connectivity index (χ2n) is 9.54. The van der Waals surface area contributed by atoms with Crippen LogP contribution in [0.25, 0.3) is 0 Å². The lowest BCUT2D eigenvalue weighted by Gasteiger charge is -2.34. The van der Waals surface area contributed by atoms with Gasteiger partial charge in [0.1, 0.15) is 12.6 Å². The van der Waals surface area contributed by atoms with Gasteiger partial charge in [0.05, 0.1) is 22.0 Å². The minimum atomic E-state index is -3.89. The highest BCUT2D eigenvalue weighted by atomic mass is 35.5. The lowest BCUT2D eigenvalue weighted by atomic mass is 10.0. The quantitative estimate of drug-likeness (QED) is 0.269. The molecule has 0 fully saturated rings. The number of hydrogen-bond donors (Lipinski definition) is 1. The van der Waals surface area contributed by atoms with Crippen LogP contribution in [0.4, 0.5) is 5.69 Å². The number of carbonyl (C=O) groups excluding carboxylic acids is 2. The Balaban J connectivity index is 2.08. The fourth-order valence-corrected chi connectivity index (χ4v) is 5.42. The third-order valence-corrected chi connectivity index (χ3v) is 8.50. The molecule has 0 aliphatic rings. The number of sulfonamides is 1. The summed E-state index contributed by atoms with van der Waals surface area (Å²) < 4.78 is 26.6. The highest BCUT2D eigenvalue weighted by molar-refractivity contribution is 7.92. The number of carbonyl (C=O) groups is 2. The Hall–Kier alpha value is -2.78. The van der Waals surface area contributed by atoms with Crippen molar-refractivity contribution in [3.8, 4) is 0 Å². The first-order chi connectivity index (χ1) is 18.9. The van der Waals surface area contributed by atoms with E-state index in [2.05, 4.69) is 5.32 Å². The van der Waals surface area contributed by atoms with Gasteiger partial charge in [-0.05, 0) is 54.8 Å². The summed E-state index contributed by atoms with van der Waals surface area (Å²) in [5.41, 5.74) is 1.71. The van der Waals surface area contributed by atoms with Crippen LogP contribution < -0.4 is 9.62 Å². The Kier molecular flexibility index (Phi) is 11.3. The number of anilines is 1. The SMILES string of the molecule is CC[C@H](C)NC(=O)[C@@H](Cc1ccccc1)N(Cc1ccc(Cl)c(Cl)c1)C(=O)CN(c1cccc(Cl)c1)S(C)(=O)=O. The lowest BCUT2D eigenvalue weighted by molar-refractivity contribution is -0.140. The predicted molar refractivity (Wildman–Crippen MR) is 162 cm³/mol. The van der Waals surface area contributed by atoms with Crippen molar-refractivity contribution >= 4 is 62.3 Å². The molecule has 0 saturated carbocycles. The van der Waals surface area contributed by atoms with Gasteiger partial charge in [0, 0.05) is 24.0 Å². The van der Waals surface area contributed by atoms with Gasteiger partial charge in [0.2, 0.25) is 21.8 Å². The van der Waals surface area contributed by atoms with E-state index in [1.807, 2.05) is 44.2 Å². The van der Waals surface area contributed by atoms with E-state index in [1.54, 1.807) is 36.4 Å². The highest BCUT2D eigenvalue weighted by Crippen LogP contribution is 2.26. The lowest BCUT2D eigenvalue weighted by Crippen LogP contribution is -2.54. The van der Waals surface area contributed by atoms with E-state index in [9.17, 15) is 18.0 Å². The molecule has 0 radical (unpaired) electrons. The van der Waals surface area contributed by atoms with Crippen LogP contribution in [0.5, 0.6) is 0 Å². The van der Waals surface area contributed by atoms with Crippen LogP contribution in [-0.2, 0) is 32.6 Å². The van der Waals surface area contributed by atoms with Crippen LogP contribution in [0.2, 0.25) is 15.1 Å². The maximum atomic E-state index is 14.1. The molecule has 0 spiro atoms. The summed E-state index contributed by atoms with van der Waals surface area (Å²) in [5, 5.41) is 3.95. The minimum absolute atomic E-state index is 0.00566. The van der Waals surface area contributed by atoms with E-state index >= 15 is 0 Å². The molecule has 40 heavy (non-hydrogen) atoms. The van der Waals surface area contributed by atoms with Gasteiger partial charge in [0.25, 0.3) is 0 Å². The van der Waals surface area contributed by atoms with Crippen LogP contribution in [0.3, 0.4) is 0 Å². The van der Waals surface area contributed by atoms with E-state index in [-0.39, 0.29) is 30.6 Å². The normalized spacial score (nSPS) is 12.8. The van der Waals surface area contributed by atoms with Gasteiger partial charge in [-0.3, -0.25) is 13.9 Å². The van der Waals surface area contributed by atoms with E-state index in [0.717, 1.165) is 16.1 Å². The molecule has 2 atom stereocenters. The van der Waals surface area contributed by atoms with Crippen molar-refractivity contribution < 1.29 is 18.0 Å². The van der Waals surface area contributed by atoms with Crippen LogP contribution in [-0.4, -0.2) is 50.0 Å². The second-order valence-corrected chi connectivity index (χ2v) is 12.7. The zero-order chi connectivity index (χ0) is 29.4. The predicted octanol–water partition coefficient (Wildman–Crippen LogP) is 5.97. The monoisotopic (exact) mass is 623 g/mol.